The number of piperazine rings is 1. The summed E-state index contributed by atoms with van der Waals surface area (Å²) in [5.74, 6) is 0.770. The molecular formula is C19H37N3O2. The van der Waals surface area contributed by atoms with Crippen LogP contribution in [0.4, 0.5) is 4.79 Å². The summed E-state index contributed by atoms with van der Waals surface area (Å²) in [5, 5.41) is 6.48. The molecule has 1 aliphatic carbocycles. The van der Waals surface area contributed by atoms with Gasteiger partial charge in [-0.2, -0.15) is 0 Å². The van der Waals surface area contributed by atoms with Crippen molar-refractivity contribution in [3.05, 3.63) is 0 Å². The Labute approximate surface area is 147 Å². The Morgan fingerprint density at radius 3 is 2.21 bits per heavy atom. The number of nitrogens with zero attached hydrogens (tertiary/aromatic N) is 1. The molecule has 0 aromatic rings. The smallest absolute Gasteiger partial charge is 0.407 e. The Morgan fingerprint density at radius 1 is 1.08 bits per heavy atom. The first-order valence-electron chi connectivity index (χ1n) is 9.61. The molecule has 2 aliphatic rings. The van der Waals surface area contributed by atoms with Crippen molar-refractivity contribution in [2.75, 3.05) is 26.2 Å². The van der Waals surface area contributed by atoms with Crippen LogP contribution in [0.5, 0.6) is 0 Å². The first kappa shape index (κ1) is 19.5. The lowest BCUT2D eigenvalue weighted by molar-refractivity contribution is 0.0465. The summed E-state index contributed by atoms with van der Waals surface area (Å²) in [4.78, 5) is 14.5. The summed E-state index contributed by atoms with van der Waals surface area (Å²) in [6.07, 6.45) is 5.54. The summed E-state index contributed by atoms with van der Waals surface area (Å²) >= 11 is 0. The monoisotopic (exact) mass is 339 g/mol. The van der Waals surface area contributed by atoms with Crippen LogP contribution in [0.25, 0.3) is 0 Å². The highest BCUT2D eigenvalue weighted by Crippen LogP contribution is 2.33. The first-order valence-corrected chi connectivity index (χ1v) is 9.61. The number of hydrogen-bond donors (Lipinski definition) is 2. The molecule has 5 heteroatoms. The minimum absolute atomic E-state index is 0.271. The summed E-state index contributed by atoms with van der Waals surface area (Å²) < 4.78 is 5.36. The van der Waals surface area contributed by atoms with Gasteiger partial charge in [0, 0.05) is 37.8 Å². The van der Waals surface area contributed by atoms with Crippen molar-refractivity contribution < 1.29 is 9.53 Å². The van der Waals surface area contributed by atoms with E-state index in [2.05, 4.69) is 29.4 Å². The minimum Gasteiger partial charge on any atom is -0.444 e. The van der Waals surface area contributed by atoms with Gasteiger partial charge in [0.2, 0.25) is 0 Å². The molecule has 0 spiro atoms. The molecule has 2 rings (SSSR count). The maximum absolute atomic E-state index is 11.9. The average Bonchev–Trinajstić information content (AvgIpc) is 2.48. The fourth-order valence-electron chi connectivity index (χ4n) is 4.09. The summed E-state index contributed by atoms with van der Waals surface area (Å²) in [6.45, 7) is 15.0. The zero-order valence-corrected chi connectivity index (χ0v) is 16.3. The number of rotatable bonds is 4. The van der Waals surface area contributed by atoms with Crippen LogP contribution in [0, 0.1) is 5.92 Å². The maximum Gasteiger partial charge on any atom is 0.407 e. The van der Waals surface area contributed by atoms with Crippen molar-refractivity contribution in [1.82, 2.24) is 15.5 Å². The van der Waals surface area contributed by atoms with Crippen LogP contribution in [0.3, 0.4) is 0 Å². The maximum atomic E-state index is 11.9. The van der Waals surface area contributed by atoms with Gasteiger partial charge in [0.15, 0.2) is 0 Å². The van der Waals surface area contributed by atoms with Crippen molar-refractivity contribution in [1.29, 1.82) is 0 Å². The number of ether oxygens (including phenoxy) is 1. The molecule has 0 aromatic heterocycles. The molecule has 1 saturated heterocycles. The predicted molar refractivity (Wildman–Crippen MR) is 98.3 cm³/mol. The van der Waals surface area contributed by atoms with Crippen molar-refractivity contribution in [3.8, 4) is 0 Å². The van der Waals surface area contributed by atoms with Gasteiger partial charge in [0.25, 0.3) is 0 Å². The minimum atomic E-state index is -0.422. The lowest BCUT2D eigenvalue weighted by Gasteiger charge is -2.44. The van der Waals surface area contributed by atoms with E-state index in [1.165, 1.54) is 19.3 Å². The summed E-state index contributed by atoms with van der Waals surface area (Å²) in [5.41, 5.74) is -0.146. The van der Waals surface area contributed by atoms with Crippen LogP contribution >= 0.6 is 0 Å². The quantitative estimate of drug-likeness (QED) is 0.826. The van der Waals surface area contributed by atoms with E-state index in [4.69, 9.17) is 4.74 Å². The number of alkyl carbamates (subject to hydrolysis) is 1. The van der Waals surface area contributed by atoms with Crippen LogP contribution < -0.4 is 10.6 Å². The molecule has 5 nitrogen and oxygen atoms in total. The number of carbonyl (C=O) groups excluding carboxylic acids is 1. The van der Waals surface area contributed by atoms with Gasteiger partial charge in [0.1, 0.15) is 5.60 Å². The van der Waals surface area contributed by atoms with E-state index in [1.807, 2.05) is 20.8 Å². The van der Waals surface area contributed by atoms with Crippen molar-refractivity contribution in [2.24, 2.45) is 5.92 Å². The molecule has 2 N–H and O–H groups in total. The molecule has 140 valence electrons. The van der Waals surface area contributed by atoms with E-state index in [-0.39, 0.29) is 17.7 Å². The normalized spacial score (nSPS) is 26.9. The van der Waals surface area contributed by atoms with Gasteiger partial charge in [-0.15, -0.1) is 0 Å². The molecule has 0 bridgehead atoms. The van der Waals surface area contributed by atoms with Crippen molar-refractivity contribution in [3.63, 3.8) is 0 Å². The number of hydrogen-bond acceptors (Lipinski definition) is 4. The van der Waals surface area contributed by atoms with Crippen LogP contribution in [-0.4, -0.2) is 54.4 Å². The van der Waals surface area contributed by atoms with Gasteiger partial charge in [-0.25, -0.2) is 4.79 Å². The second kappa shape index (κ2) is 8.05. The Balaban J connectivity index is 1.73. The Hall–Kier alpha value is -0.810. The average molecular weight is 340 g/mol. The molecule has 1 heterocycles. The molecule has 0 radical (unpaired) electrons. The van der Waals surface area contributed by atoms with Crippen LogP contribution in [0.15, 0.2) is 0 Å². The van der Waals surface area contributed by atoms with Crippen LogP contribution in [0.2, 0.25) is 0 Å². The third kappa shape index (κ3) is 6.25. The van der Waals surface area contributed by atoms with E-state index >= 15 is 0 Å². The number of amides is 1. The van der Waals surface area contributed by atoms with E-state index in [0.29, 0.717) is 0 Å². The standard InChI is InChI=1S/C19H37N3O2/c1-18(2,3)24-17(23)21-16-8-6-15(7-9-16)14-19(4,5)22-12-10-20-11-13-22/h15-16,20H,6-14H2,1-5H3,(H,21,23). The van der Waals surface area contributed by atoms with E-state index in [0.717, 1.165) is 44.9 Å². The molecule has 1 saturated carbocycles. The zero-order chi connectivity index (χ0) is 17.8. The zero-order valence-electron chi connectivity index (χ0n) is 16.3. The highest BCUT2D eigenvalue weighted by atomic mass is 16.6. The molecule has 24 heavy (non-hydrogen) atoms. The van der Waals surface area contributed by atoms with Gasteiger partial charge in [-0.1, -0.05) is 0 Å². The first-order chi connectivity index (χ1) is 11.2. The SMILES string of the molecule is CC(C)(C)OC(=O)NC1CCC(CC(C)(C)N2CCNCC2)CC1. The molecule has 2 fully saturated rings. The second-order valence-electron chi connectivity index (χ2n) is 9.12. The summed E-state index contributed by atoms with van der Waals surface area (Å²) in [6, 6.07) is 0.276. The molecule has 1 amide bonds. The summed E-state index contributed by atoms with van der Waals surface area (Å²) in [7, 11) is 0. The van der Waals surface area contributed by atoms with Crippen molar-refractivity contribution in [2.45, 2.75) is 83.9 Å². The van der Waals surface area contributed by atoms with Crippen molar-refractivity contribution >= 4 is 6.09 Å². The van der Waals surface area contributed by atoms with Gasteiger partial charge < -0.3 is 15.4 Å². The number of carbonyl (C=O) groups is 1. The molecule has 0 atom stereocenters. The fourth-order valence-corrected chi connectivity index (χ4v) is 4.09. The lowest BCUT2D eigenvalue weighted by Crippen LogP contribution is -2.54. The Bertz CT molecular complexity index is 403. The van der Waals surface area contributed by atoms with Gasteiger partial charge in [-0.3, -0.25) is 4.90 Å². The highest BCUT2D eigenvalue weighted by Gasteiger charge is 2.33. The Kier molecular flexibility index (Phi) is 6.54. The Morgan fingerprint density at radius 2 is 1.67 bits per heavy atom. The lowest BCUT2D eigenvalue weighted by atomic mass is 9.78. The van der Waals surface area contributed by atoms with Gasteiger partial charge >= 0.3 is 6.09 Å². The third-order valence-corrected chi connectivity index (χ3v) is 5.33. The number of nitrogens with one attached hydrogen (secondary N) is 2. The highest BCUT2D eigenvalue weighted by molar-refractivity contribution is 5.68. The van der Waals surface area contributed by atoms with Gasteiger partial charge in [-0.05, 0) is 72.6 Å². The topological polar surface area (TPSA) is 53.6 Å². The predicted octanol–water partition coefficient (Wildman–Crippen LogP) is 3.14. The molecule has 0 aromatic carbocycles. The molecular weight excluding hydrogens is 302 g/mol. The van der Waals surface area contributed by atoms with Crippen LogP contribution in [0.1, 0.15) is 66.7 Å². The van der Waals surface area contributed by atoms with E-state index < -0.39 is 5.60 Å². The van der Waals surface area contributed by atoms with Crippen LogP contribution in [-0.2, 0) is 4.74 Å². The second-order valence-corrected chi connectivity index (χ2v) is 9.12. The third-order valence-electron chi connectivity index (χ3n) is 5.33. The fraction of sp³-hybridized carbons (Fsp3) is 0.947. The molecule has 1 aliphatic heterocycles. The van der Waals surface area contributed by atoms with E-state index in [9.17, 15) is 4.79 Å². The van der Waals surface area contributed by atoms with Gasteiger partial charge in [0.05, 0.1) is 0 Å². The largest absolute Gasteiger partial charge is 0.444 e. The molecule has 0 unspecified atom stereocenters. The van der Waals surface area contributed by atoms with E-state index in [1.54, 1.807) is 0 Å².